The van der Waals surface area contributed by atoms with Crippen LogP contribution in [0.1, 0.15) is 29.2 Å². The monoisotopic (exact) mass is 472 g/mol. The first-order valence-electron chi connectivity index (χ1n) is 11.6. The third-order valence-corrected chi connectivity index (χ3v) is 6.37. The van der Waals surface area contributed by atoms with Crippen LogP contribution < -0.4 is 0 Å². The van der Waals surface area contributed by atoms with Crippen LogP contribution >= 0.6 is 0 Å². The van der Waals surface area contributed by atoms with E-state index in [1.807, 2.05) is 28.0 Å². The van der Waals surface area contributed by atoms with Crippen LogP contribution in [0.4, 0.5) is 4.39 Å². The third kappa shape index (κ3) is 4.90. The predicted molar refractivity (Wildman–Crippen MR) is 128 cm³/mol. The van der Waals surface area contributed by atoms with E-state index in [0.29, 0.717) is 38.2 Å². The number of rotatable bonds is 6. The van der Waals surface area contributed by atoms with Gasteiger partial charge in [-0.25, -0.2) is 14.4 Å². The average molecular weight is 473 g/mol. The van der Waals surface area contributed by atoms with Crippen molar-refractivity contribution >= 4 is 16.9 Å². The summed E-state index contributed by atoms with van der Waals surface area (Å²) >= 11 is 0. The second-order valence-electron chi connectivity index (χ2n) is 8.64. The number of carbonyl (C=O) groups excluding carboxylic acids is 1. The van der Waals surface area contributed by atoms with Crippen molar-refractivity contribution in [1.29, 1.82) is 5.26 Å². The molecule has 35 heavy (non-hydrogen) atoms. The number of halogens is 1. The molecule has 0 aliphatic carbocycles. The van der Waals surface area contributed by atoms with Gasteiger partial charge < -0.3 is 9.88 Å². The Morgan fingerprint density at radius 2 is 2.00 bits per heavy atom. The minimum absolute atomic E-state index is 0.0851. The molecule has 1 saturated heterocycles. The molecule has 0 spiro atoms. The molecule has 4 heterocycles. The molecule has 1 aromatic carbocycles. The summed E-state index contributed by atoms with van der Waals surface area (Å²) in [5, 5.41) is 14.9. The van der Waals surface area contributed by atoms with Gasteiger partial charge in [0, 0.05) is 55.1 Å². The Bertz CT molecular complexity index is 1360. The number of nitrogens with zero attached hydrogens (tertiary/aromatic N) is 7. The minimum atomic E-state index is -0.355. The van der Waals surface area contributed by atoms with Crippen LogP contribution in [0.3, 0.4) is 0 Å². The maximum absolute atomic E-state index is 13.2. The highest BCUT2D eigenvalue weighted by molar-refractivity contribution is 5.94. The molecule has 0 bridgehead atoms. The van der Waals surface area contributed by atoms with Crippen LogP contribution in [0.5, 0.6) is 0 Å². The summed E-state index contributed by atoms with van der Waals surface area (Å²) in [5.74, 6) is -0.441. The quantitative estimate of drug-likeness (QED) is 0.462. The van der Waals surface area contributed by atoms with Crippen LogP contribution in [0.2, 0.25) is 0 Å². The number of aromatic amines is 1. The summed E-state index contributed by atoms with van der Waals surface area (Å²) in [6, 6.07) is 9.76. The molecular formula is C25H25FN8O. The molecule has 0 saturated carbocycles. The summed E-state index contributed by atoms with van der Waals surface area (Å²) in [6.45, 7) is 3.38. The maximum Gasteiger partial charge on any atom is 0.253 e. The topological polar surface area (TPSA) is 107 Å². The first-order valence-corrected chi connectivity index (χ1v) is 11.6. The summed E-state index contributed by atoms with van der Waals surface area (Å²) in [5.41, 5.74) is 2.92. The van der Waals surface area contributed by atoms with Crippen molar-refractivity contribution in [2.24, 2.45) is 0 Å². The summed E-state index contributed by atoms with van der Waals surface area (Å²) < 4.78 is 15.1. The molecule has 1 N–H and O–H groups in total. The number of amides is 1. The van der Waals surface area contributed by atoms with Crippen molar-refractivity contribution < 1.29 is 9.18 Å². The Morgan fingerprint density at radius 1 is 1.14 bits per heavy atom. The lowest BCUT2D eigenvalue weighted by Gasteiger charge is -2.25. The first-order chi connectivity index (χ1) is 17.1. The van der Waals surface area contributed by atoms with Gasteiger partial charge in [-0.15, -0.1) is 0 Å². The molecule has 10 heteroatoms. The third-order valence-electron chi connectivity index (χ3n) is 6.37. The zero-order chi connectivity index (χ0) is 24.2. The van der Waals surface area contributed by atoms with Gasteiger partial charge in [0.1, 0.15) is 17.8 Å². The number of hydrogen-bond donors (Lipinski definition) is 1. The number of H-pyrrole nitrogens is 1. The standard InChI is InChI=1S/C25H25FN8O/c26-20-4-2-18(3-5-20)25(35)33-11-1-10-32(12-13-33)16-21(6-8-27)34-15-19(14-31-34)23-22-7-9-28-24(22)30-17-29-23/h2-5,7,9,14-15,17,21H,1,6,10-13,16H2,(H,28,29,30). The van der Waals surface area contributed by atoms with Gasteiger partial charge >= 0.3 is 0 Å². The van der Waals surface area contributed by atoms with E-state index in [9.17, 15) is 14.4 Å². The van der Waals surface area contributed by atoms with Crippen molar-refractivity contribution in [3.8, 4) is 17.3 Å². The molecule has 3 aromatic heterocycles. The fourth-order valence-corrected chi connectivity index (χ4v) is 4.54. The predicted octanol–water partition coefficient (Wildman–Crippen LogP) is 3.26. The van der Waals surface area contributed by atoms with Gasteiger partial charge in [-0.2, -0.15) is 10.4 Å². The zero-order valence-corrected chi connectivity index (χ0v) is 19.1. The number of aromatic nitrogens is 5. The van der Waals surface area contributed by atoms with Crippen molar-refractivity contribution in [2.75, 3.05) is 32.7 Å². The van der Waals surface area contributed by atoms with Crippen LogP contribution in [-0.2, 0) is 0 Å². The highest BCUT2D eigenvalue weighted by Crippen LogP contribution is 2.26. The highest BCUT2D eigenvalue weighted by Gasteiger charge is 2.23. The molecule has 1 fully saturated rings. The molecule has 4 aromatic rings. The van der Waals surface area contributed by atoms with Gasteiger partial charge in [0.05, 0.1) is 30.4 Å². The van der Waals surface area contributed by atoms with Crippen molar-refractivity contribution in [3.05, 3.63) is 66.6 Å². The molecule has 1 aliphatic rings. The molecule has 1 aliphatic heterocycles. The molecule has 9 nitrogen and oxygen atoms in total. The zero-order valence-electron chi connectivity index (χ0n) is 19.1. The van der Waals surface area contributed by atoms with E-state index in [1.165, 1.54) is 30.6 Å². The Hall–Kier alpha value is -4.10. The average Bonchev–Trinajstić information content (AvgIpc) is 3.50. The Kier molecular flexibility index (Phi) is 6.50. The van der Waals surface area contributed by atoms with Gasteiger partial charge in [0.2, 0.25) is 0 Å². The SMILES string of the molecule is N#CCC(CN1CCCN(C(=O)c2ccc(F)cc2)CC1)n1cc(-c2ncnc3[nH]ccc23)cn1. The molecule has 1 unspecified atom stereocenters. The van der Waals surface area contributed by atoms with E-state index in [4.69, 9.17) is 0 Å². The van der Waals surface area contributed by atoms with E-state index in [2.05, 4.69) is 31.0 Å². The minimum Gasteiger partial charge on any atom is -0.346 e. The number of nitrogens with one attached hydrogen (secondary N) is 1. The van der Waals surface area contributed by atoms with Gasteiger partial charge in [-0.3, -0.25) is 14.4 Å². The van der Waals surface area contributed by atoms with E-state index in [0.717, 1.165) is 35.3 Å². The second-order valence-corrected chi connectivity index (χ2v) is 8.64. The van der Waals surface area contributed by atoms with Crippen LogP contribution in [0.25, 0.3) is 22.3 Å². The van der Waals surface area contributed by atoms with E-state index in [-0.39, 0.29) is 17.8 Å². The van der Waals surface area contributed by atoms with Crippen molar-refractivity contribution in [2.45, 2.75) is 18.9 Å². The Labute approximate surface area is 201 Å². The largest absolute Gasteiger partial charge is 0.346 e. The fraction of sp³-hybridized carbons (Fsp3) is 0.320. The Balaban J connectivity index is 1.27. The molecule has 0 radical (unpaired) electrons. The number of carbonyl (C=O) groups is 1. The number of nitriles is 1. The maximum atomic E-state index is 13.2. The molecule has 1 atom stereocenters. The second kappa shape index (κ2) is 10.0. The first kappa shape index (κ1) is 22.7. The van der Waals surface area contributed by atoms with Crippen LogP contribution in [-0.4, -0.2) is 73.2 Å². The van der Waals surface area contributed by atoms with Crippen molar-refractivity contribution in [3.63, 3.8) is 0 Å². The molecule has 5 rings (SSSR count). The van der Waals surface area contributed by atoms with Crippen LogP contribution in [0.15, 0.2) is 55.2 Å². The van der Waals surface area contributed by atoms with Gasteiger partial charge in [0.15, 0.2) is 0 Å². The summed E-state index contributed by atoms with van der Waals surface area (Å²) in [4.78, 5) is 28.7. The highest BCUT2D eigenvalue weighted by atomic mass is 19.1. The molecule has 178 valence electrons. The van der Waals surface area contributed by atoms with Gasteiger partial charge in [-0.05, 0) is 43.3 Å². The fourth-order valence-electron chi connectivity index (χ4n) is 4.54. The number of benzene rings is 1. The Morgan fingerprint density at radius 3 is 2.83 bits per heavy atom. The lowest BCUT2D eigenvalue weighted by Crippen LogP contribution is -2.37. The summed E-state index contributed by atoms with van der Waals surface area (Å²) in [6.07, 6.45) is 8.19. The summed E-state index contributed by atoms with van der Waals surface area (Å²) in [7, 11) is 0. The lowest BCUT2D eigenvalue weighted by molar-refractivity contribution is 0.0760. The number of fused-ring (bicyclic) bond motifs is 1. The normalized spacial score (nSPS) is 15.6. The van der Waals surface area contributed by atoms with Gasteiger partial charge in [-0.1, -0.05) is 0 Å². The smallest absolute Gasteiger partial charge is 0.253 e. The van der Waals surface area contributed by atoms with E-state index >= 15 is 0 Å². The van der Waals surface area contributed by atoms with E-state index < -0.39 is 0 Å². The van der Waals surface area contributed by atoms with Crippen molar-refractivity contribution in [1.82, 2.24) is 34.5 Å². The molecule has 1 amide bonds. The lowest BCUT2D eigenvalue weighted by atomic mass is 10.1. The van der Waals surface area contributed by atoms with Crippen LogP contribution in [0, 0.1) is 17.1 Å². The van der Waals surface area contributed by atoms with Gasteiger partial charge in [0.25, 0.3) is 5.91 Å². The van der Waals surface area contributed by atoms with E-state index in [1.54, 1.807) is 6.20 Å². The number of hydrogen-bond acceptors (Lipinski definition) is 6. The molecular weight excluding hydrogens is 447 g/mol.